The summed E-state index contributed by atoms with van der Waals surface area (Å²) in [5, 5.41) is 8.16. The summed E-state index contributed by atoms with van der Waals surface area (Å²) in [6.07, 6.45) is 6.66. The SMILES string of the molecule is Cn1c(C2CCCN2Cc2cn[nH]c2C2CC2)nc2ccccc2c1=O. The van der Waals surface area contributed by atoms with Crippen molar-refractivity contribution in [1.29, 1.82) is 0 Å². The Morgan fingerprint density at radius 3 is 2.92 bits per heavy atom. The summed E-state index contributed by atoms with van der Waals surface area (Å²) in [5.41, 5.74) is 3.43. The van der Waals surface area contributed by atoms with Crippen molar-refractivity contribution in [2.75, 3.05) is 6.54 Å². The van der Waals surface area contributed by atoms with E-state index in [9.17, 15) is 4.79 Å². The van der Waals surface area contributed by atoms with Gasteiger partial charge in [0, 0.05) is 30.8 Å². The zero-order chi connectivity index (χ0) is 17.7. The van der Waals surface area contributed by atoms with Gasteiger partial charge in [-0.25, -0.2) is 4.98 Å². The third-order valence-electron chi connectivity index (χ3n) is 5.79. The van der Waals surface area contributed by atoms with Crippen LogP contribution in [0, 0.1) is 0 Å². The van der Waals surface area contributed by atoms with Gasteiger partial charge in [-0.05, 0) is 44.4 Å². The number of hydrogen-bond donors (Lipinski definition) is 1. The Bertz CT molecular complexity index is 1020. The molecule has 1 aliphatic carbocycles. The molecule has 1 unspecified atom stereocenters. The summed E-state index contributed by atoms with van der Waals surface area (Å²) in [6.45, 7) is 1.90. The second kappa shape index (κ2) is 6.06. The number of benzene rings is 1. The average Bonchev–Trinajstić information content (AvgIpc) is 3.22. The largest absolute Gasteiger partial charge is 0.298 e. The first-order valence-corrected chi connectivity index (χ1v) is 9.44. The molecule has 0 radical (unpaired) electrons. The zero-order valence-electron chi connectivity index (χ0n) is 15.0. The lowest BCUT2D eigenvalue weighted by molar-refractivity contribution is 0.234. The van der Waals surface area contributed by atoms with Gasteiger partial charge < -0.3 is 0 Å². The number of nitrogens with one attached hydrogen (secondary N) is 1. The lowest BCUT2D eigenvalue weighted by atomic mass is 10.1. The van der Waals surface area contributed by atoms with Crippen LogP contribution < -0.4 is 5.56 Å². The fraction of sp³-hybridized carbons (Fsp3) is 0.450. The molecule has 2 fully saturated rings. The van der Waals surface area contributed by atoms with Gasteiger partial charge in [-0.3, -0.25) is 19.4 Å². The van der Waals surface area contributed by atoms with Gasteiger partial charge in [0.1, 0.15) is 5.82 Å². The molecule has 0 amide bonds. The molecule has 1 N–H and O–H groups in total. The number of fused-ring (bicyclic) bond motifs is 1. The van der Waals surface area contributed by atoms with E-state index in [1.54, 1.807) is 4.57 Å². The molecule has 1 saturated heterocycles. The highest BCUT2D eigenvalue weighted by atomic mass is 16.1. The van der Waals surface area contributed by atoms with Crippen LogP contribution in [0.4, 0.5) is 0 Å². The molecule has 1 atom stereocenters. The summed E-state index contributed by atoms with van der Waals surface area (Å²) in [4.78, 5) is 20.1. The first-order valence-electron chi connectivity index (χ1n) is 9.44. The molecular formula is C20H23N5O. The Labute approximate surface area is 151 Å². The van der Waals surface area contributed by atoms with Gasteiger partial charge in [-0.2, -0.15) is 5.10 Å². The van der Waals surface area contributed by atoms with Crippen LogP contribution >= 0.6 is 0 Å². The van der Waals surface area contributed by atoms with Gasteiger partial charge in [0.25, 0.3) is 5.56 Å². The van der Waals surface area contributed by atoms with Crippen LogP contribution in [0.5, 0.6) is 0 Å². The molecule has 6 nitrogen and oxygen atoms in total. The maximum Gasteiger partial charge on any atom is 0.261 e. The van der Waals surface area contributed by atoms with E-state index in [2.05, 4.69) is 15.1 Å². The Morgan fingerprint density at radius 1 is 1.23 bits per heavy atom. The first-order chi connectivity index (χ1) is 12.7. The maximum absolute atomic E-state index is 12.8. The molecule has 1 aromatic carbocycles. The molecule has 0 spiro atoms. The number of rotatable bonds is 4. The molecule has 3 aromatic rings. The Kier molecular flexibility index (Phi) is 3.67. The maximum atomic E-state index is 12.8. The molecule has 1 saturated carbocycles. The van der Waals surface area contributed by atoms with Crippen LogP contribution in [0.2, 0.25) is 0 Å². The van der Waals surface area contributed by atoms with Crippen molar-refractivity contribution in [1.82, 2.24) is 24.6 Å². The van der Waals surface area contributed by atoms with E-state index in [0.29, 0.717) is 11.3 Å². The normalized spacial score (nSPS) is 20.9. The topological polar surface area (TPSA) is 66.8 Å². The van der Waals surface area contributed by atoms with Gasteiger partial charge in [-0.1, -0.05) is 12.1 Å². The monoisotopic (exact) mass is 349 g/mol. The highest BCUT2D eigenvalue weighted by molar-refractivity contribution is 5.77. The van der Waals surface area contributed by atoms with Crippen LogP contribution in [-0.4, -0.2) is 31.2 Å². The Morgan fingerprint density at radius 2 is 2.08 bits per heavy atom. The number of hydrogen-bond acceptors (Lipinski definition) is 4. The fourth-order valence-corrected chi connectivity index (χ4v) is 4.23. The minimum Gasteiger partial charge on any atom is -0.298 e. The number of aromatic amines is 1. The molecule has 134 valence electrons. The standard InChI is InChI=1S/C20H23N5O/c1-24-19(22-16-6-3-2-5-15(16)20(24)26)17-7-4-10-25(17)12-14-11-21-23-18(14)13-8-9-13/h2-3,5-6,11,13,17H,4,7-10,12H2,1H3,(H,21,23). The second-order valence-electron chi connectivity index (χ2n) is 7.56. The van der Waals surface area contributed by atoms with Gasteiger partial charge in [-0.15, -0.1) is 0 Å². The predicted octanol–water partition coefficient (Wildman–Crippen LogP) is 2.87. The molecule has 2 aromatic heterocycles. The van der Waals surface area contributed by atoms with Gasteiger partial charge in [0.15, 0.2) is 0 Å². The summed E-state index contributed by atoms with van der Waals surface area (Å²) in [6, 6.07) is 7.80. The van der Waals surface area contributed by atoms with E-state index in [4.69, 9.17) is 4.98 Å². The highest BCUT2D eigenvalue weighted by Gasteiger charge is 2.33. The Hall–Kier alpha value is -2.47. The van der Waals surface area contributed by atoms with E-state index in [-0.39, 0.29) is 11.6 Å². The second-order valence-corrected chi connectivity index (χ2v) is 7.56. The molecule has 5 rings (SSSR count). The third kappa shape index (κ3) is 2.56. The highest BCUT2D eigenvalue weighted by Crippen LogP contribution is 2.41. The van der Waals surface area contributed by atoms with Crippen LogP contribution in [-0.2, 0) is 13.6 Å². The molecule has 0 bridgehead atoms. The molecule has 26 heavy (non-hydrogen) atoms. The van der Waals surface area contributed by atoms with Crippen molar-refractivity contribution in [2.24, 2.45) is 7.05 Å². The predicted molar refractivity (Wildman–Crippen MR) is 99.9 cm³/mol. The summed E-state index contributed by atoms with van der Waals surface area (Å²) in [5.74, 6) is 1.54. The van der Waals surface area contributed by atoms with Gasteiger partial charge in [0.05, 0.1) is 23.1 Å². The minimum atomic E-state index is 0.0411. The molecular weight excluding hydrogens is 326 g/mol. The molecule has 3 heterocycles. The van der Waals surface area contributed by atoms with E-state index in [0.717, 1.165) is 37.3 Å². The summed E-state index contributed by atoms with van der Waals surface area (Å²) in [7, 11) is 1.85. The van der Waals surface area contributed by atoms with Crippen LogP contribution in [0.25, 0.3) is 10.9 Å². The number of aromatic nitrogens is 4. The average molecular weight is 349 g/mol. The lowest BCUT2D eigenvalue weighted by Crippen LogP contribution is -2.30. The first kappa shape index (κ1) is 15.8. The van der Waals surface area contributed by atoms with Gasteiger partial charge >= 0.3 is 0 Å². The fourth-order valence-electron chi connectivity index (χ4n) is 4.23. The van der Waals surface area contributed by atoms with Crippen molar-refractivity contribution < 1.29 is 0 Å². The van der Waals surface area contributed by atoms with Crippen molar-refractivity contribution >= 4 is 10.9 Å². The van der Waals surface area contributed by atoms with Crippen molar-refractivity contribution in [2.45, 2.75) is 44.2 Å². The van der Waals surface area contributed by atoms with Gasteiger partial charge in [0.2, 0.25) is 0 Å². The van der Waals surface area contributed by atoms with Crippen LogP contribution in [0.3, 0.4) is 0 Å². The lowest BCUT2D eigenvalue weighted by Gasteiger charge is -2.25. The molecule has 2 aliphatic rings. The zero-order valence-corrected chi connectivity index (χ0v) is 15.0. The minimum absolute atomic E-state index is 0.0411. The van der Waals surface area contributed by atoms with Crippen LogP contribution in [0.15, 0.2) is 35.3 Å². The summed E-state index contributed by atoms with van der Waals surface area (Å²) < 4.78 is 1.74. The smallest absolute Gasteiger partial charge is 0.261 e. The van der Waals surface area contributed by atoms with E-state index in [1.165, 1.54) is 24.1 Å². The molecule has 1 aliphatic heterocycles. The quantitative estimate of drug-likeness (QED) is 0.786. The van der Waals surface area contributed by atoms with Crippen LogP contribution in [0.1, 0.15) is 54.7 Å². The van der Waals surface area contributed by atoms with Crippen molar-refractivity contribution in [3.8, 4) is 0 Å². The van der Waals surface area contributed by atoms with E-state index >= 15 is 0 Å². The van der Waals surface area contributed by atoms with Crippen molar-refractivity contribution in [3.05, 3.63) is 57.9 Å². The third-order valence-corrected chi connectivity index (χ3v) is 5.79. The number of H-pyrrole nitrogens is 1. The number of nitrogens with zero attached hydrogens (tertiary/aromatic N) is 4. The van der Waals surface area contributed by atoms with E-state index < -0.39 is 0 Å². The number of likely N-dealkylation sites (tertiary alicyclic amines) is 1. The van der Waals surface area contributed by atoms with E-state index in [1.807, 2.05) is 37.5 Å². The number of para-hydroxylation sites is 1. The van der Waals surface area contributed by atoms with Crippen molar-refractivity contribution in [3.63, 3.8) is 0 Å². The molecule has 6 heteroatoms. The summed E-state index contributed by atoms with van der Waals surface area (Å²) >= 11 is 0. The Balaban J connectivity index is 1.51.